The first-order valence-corrected chi connectivity index (χ1v) is 13.3. The van der Waals surface area contributed by atoms with Crippen LogP contribution in [0, 0.1) is 12.7 Å². The zero-order valence-electron chi connectivity index (χ0n) is 20.2. The number of carbonyl (C=O) groups excluding carboxylic acids is 1. The number of aromatic nitrogens is 1. The van der Waals surface area contributed by atoms with Gasteiger partial charge in [0, 0.05) is 47.4 Å². The summed E-state index contributed by atoms with van der Waals surface area (Å²) in [5.41, 5.74) is 5.74. The number of halogens is 1. The third kappa shape index (κ3) is 4.40. The van der Waals surface area contributed by atoms with Crippen LogP contribution in [0.2, 0.25) is 0 Å². The number of fused-ring (bicyclic) bond motifs is 1. The van der Waals surface area contributed by atoms with Crippen molar-refractivity contribution in [3.8, 4) is 0 Å². The molecule has 0 spiro atoms. The number of hydrogen-bond donors (Lipinski definition) is 0. The van der Waals surface area contributed by atoms with Crippen LogP contribution in [0.3, 0.4) is 0 Å². The molecule has 3 aromatic carbocycles. The lowest BCUT2D eigenvalue weighted by Gasteiger charge is -2.26. The first-order chi connectivity index (χ1) is 17.3. The summed E-state index contributed by atoms with van der Waals surface area (Å²) in [5.74, 6) is -0.356. The molecule has 5 rings (SSSR count). The number of sulfonamides is 1. The number of carbonyl (C=O) groups is 1. The molecule has 0 radical (unpaired) electrons. The second-order valence-corrected chi connectivity index (χ2v) is 11.1. The molecule has 1 aromatic heterocycles. The van der Waals surface area contributed by atoms with Crippen molar-refractivity contribution in [3.05, 3.63) is 107 Å². The minimum absolute atomic E-state index is 0.101. The first-order valence-electron chi connectivity index (χ1n) is 11.9. The van der Waals surface area contributed by atoms with Gasteiger partial charge in [0.05, 0.1) is 4.90 Å². The highest BCUT2D eigenvalue weighted by Crippen LogP contribution is 2.35. The monoisotopic (exact) mass is 502 g/mol. The maximum absolute atomic E-state index is 13.8. The van der Waals surface area contributed by atoms with Crippen molar-refractivity contribution in [2.24, 2.45) is 0 Å². The van der Waals surface area contributed by atoms with Crippen LogP contribution in [-0.2, 0) is 16.6 Å². The average Bonchev–Trinajstić information content (AvgIpc) is 3.15. The fourth-order valence-electron chi connectivity index (χ4n) is 4.96. The lowest BCUT2D eigenvalue weighted by atomic mass is 9.97. The van der Waals surface area contributed by atoms with E-state index in [0.717, 1.165) is 33.3 Å². The number of nitrogens with zero attached hydrogens (tertiary/aromatic N) is 2. The quantitative estimate of drug-likeness (QED) is 0.312. The maximum atomic E-state index is 13.8. The van der Waals surface area contributed by atoms with Gasteiger partial charge in [-0.2, -0.15) is 4.31 Å². The van der Waals surface area contributed by atoms with E-state index in [0.29, 0.717) is 25.1 Å². The minimum Gasteiger partial charge on any atom is -0.340 e. The van der Waals surface area contributed by atoms with Crippen molar-refractivity contribution in [1.82, 2.24) is 8.87 Å². The molecule has 2 heterocycles. The standard InChI is InChI=1S/C29H27FN2O3S/c1-20-29(27-8-3-4-9-28(27)32(20)19-22-6-5-7-25(30)18-22)24-14-16-31(17-15-24)36(34,35)26-12-10-23(11-13-26)21(2)33/h3-14,18H,15-17,19H2,1-2H3. The summed E-state index contributed by atoms with van der Waals surface area (Å²) in [7, 11) is -3.67. The van der Waals surface area contributed by atoms with Crippen molar-refractivity contribution in [3.63, 3.8) is 0 Å². The van der Waals surface area contributed by atoms with E-state index in [2.05, 4.69) is 23.6 Å². The van der Waals surface area contributed by atoms with Crippen LogP contribution >= 0.6 is 0 Å². The molecule has 5 nitrogen and oxygen atoms in total. The van der Waals surface area contributed by atoms with E-state index < -0.39 is 10.0 Å². The Labute approximate surface area is 210 Å². The van der Waals surface area contributed by atoms with Crippen molar-refractivity contribution >= 4 is 32.3 Å². The third-order valence-corrected chi connectivity index (χ3v) is 8.73. The van der Waals surface area contributed by atoms with Gasteiger partial charge in [-0.3, -0.25) is 4.79 Å². The van der Waals surface area contributed by atoms with Gasteiger partial charge in [-0.1, -0.05) is 48.5 Å². The summed E-state index contributed by atoms with van der Waals surface area (Å²) in [6.45, 7) is 4.71. The van der Waals surface area contributed by atoms with Gasteiger partial charge in [0.15, 0.2) is 5.78 Å². The molecule has 36 heavy (non-hydrogen) atoms. The van der Waals surface area contributed by atoms with Gasteiger partial charge in [0.1, 0.15) is 5.82 Å². The van der Waals surface area contributed by atoms with E-state index in [1.807, 2.05) is 24.3 Å². The van der Waals surface area contributed by atoms with Gasteiger partial charge in [-0.05, 0) is 61.7 Å². The number of rotatable bonds is 6. The van der Waals surface area contributed by atoms with Gasteiger partial charge in [0.2, 0.25) is 10.0 Å². The normalized spacial score (nSPS) is 14.7. The number of hydrogen-bond acceptors (Lipinski definition) is 3. The van der Waals surface area contributed by atoms with E-state index >= 15 is 0 Å². The molecule has 0 saturated heterocycles. The first kappa shape index (κ1) is 24.2. The number of ketones is 1. The van der Waals surface area contributed by atoms with E-state index in [4.69, 9.17) is 0 Å². The molecule has 0 N–H and O–H groups in total. The molecular formula is C29H27FN2O3S. The molecule has 0 saturated carbocycles. The second kappa shape index (κ2) is 9.48. The molecule has 0 amide bonds. The van der Waals surface area contributed by atoms with Crippen molar-refractivity contribution < 1.29 is 17.6 Å². The average molecular weight is 503 g/mol. The van der Waals surface area contributed by atoms with E-state index in [9.17, 15) is 17.6 Å². The Morgan fingerprint density at radius 2 is 1.75 bits per heavy atom. The Hall–Kier alpha value is -3.55. The third-order valence-electron chi connectivity index (χ3n) is 6.85. The predicted octanol–water partition coefficient (Wildman–Crippen LogP) is 5.82. The van der Waals surface area contributed by atoms with Gasteiger partial charge >= 0.3 is 0 Å². The molecule has 184 valence electrons. The van der Waals surface area contributed by atoms with Crippen LogP contribution in [-0.4, -0.2) is 36.2 Å². The number of Topliss-reactive ketones (excluding diaryl/α,β-unsaturated/α-hetero) is 1. The summed E-state index contributed by atoms with van der Waals surface area (Å²) in [6.07, 6.45) is 2.58. The number of benzene rings is 3. The van der Waals surface area contributed by atoms with Crippen LogP contribution in [0.5, 0.6) is 0 Å². The Morgan fingerprint density at radius 3 is 2.42 bits per heavy atom. The molecule has 0 unspecified atom stereocenters. The second-order valence-electron chi connectivity index (χ2n) is 9.12. The molecule has 1 aliphatic heterocycles. The molecule has 0 bridgehead atoms. The highest BCUT2D eigenvalue weighted by Gasteiger charge is 2.28. The van der Waals surface area contributed by atoms with Crippen LogP contribution in [0.25, 0.3) is 16.5 Å². The van der Waals surface area contributed by atoms with Gasteiger partial charge < -0.3 is 4.57 Å². The zero-order valence-corrected chi connectivity index (χ0v) is 21.1. The Bertz CT molecular complexity index is 1600. The molecule has 7 heteroatoms. The van der Waals surface area contributed by atoms with Crippen LogP contribution in [0.15, 0.2) is 83.8 Å². The van der Waals surface area contributed by atoms with Crippen LogP contribution < -0.4 is 0 Å². The molecule has 4 aromatic rings. The fraction of sp³-hybridized carbons (Fsp3) is 0.207. The molecule has 0 fully saturated rings. The lowest BCUT2D eigenvalue weighted by molar-refractivity contribution is 0.101. The Morgan fingerprint density at radius 1 is 1.00 bits per heavy atom. The summed E-state index contributed by atoms with van der Waals surface area (Å²) in [6, 6.07) is 20.9. The predicted molar refractivity (Wildman–Crippen MR) is 140 cm³/mol. The smallest absolute Gasteiger partial charge is 0.243 e. The van der Waals surface area contributed by atoms with Gasteiger partial charge in [-0.25, -0.2) is 12.8 Å². The fourth-order valence-corrected chi connectivity index (χ4v) is 6.35. The maximum Gasteiger partial charge on any atom is 0.243 e. The van der Waals surface area contributed by atoms with Crippen molar-refractivity contribution in [2.75, 3.05) is 13.1 Å². The number of para-hydroxylation sites is 1. The molecule has 0 aliphatic carbocycles. The van der Waals surface area contributed by atoms with E-state index in [1.165, 1.54) is 29.4 Å². The van der Waals surface area contributed by atoms with Crippen molar-refractivity contribution in [1.29, 1.82) is 0 Å². The van der Waals surface area contributed by atoms with Gasteiger partial charge in [0.25, 0.3) is 0 Å². The van der Waals surface area contributed by atoms with E-state index in [-0.39, 0.29) is 23.0 Å². The van der Waals surface area contributed by atoms with Crippen LogP contribution in [0.4, 0.5) is 4.39 Å². The highest BCUT2D eigenvalue weighted by atomic mass is 32.2. The molecule has 0 atom stereocenters. The van der Waals surface area contributed by atoms with E-state index in [1.54, 1.807) is 24.3 Å². The topological polar surface area (TPSA) is 59.4 Å². The largest absolute Gasteiger partial charge is 0.340 e. The summed E-state index contributed by atoms with van der Waals surface area (Å²) in [5, 5.41) is 1.11. The molecule has 1 aliphatic rings. The van der Waals surface area contributed by atoms with Crippen molar-refractivity contribution in [2.45, 2.75) is 31.7 Å². The summed E-state index contributed by atoms with van der Waals surface area (Å²) >= 11 is 0. The molecular weight excluding hydrogens is 475 g/mol. The van der Waals surface area contributed by atoms with Gasteiger partial charge in [-0.15, -0.1) is 0 Å². The SMILES string of the molecule is CC(=O)c1ccc(S(=O)(=O)N2CC=C(c3c(C)n(Cc4cccc(F)c4)c4ccccc34)CC2)cc1. The minimum atomic E-state index is -3.67. The van der Waals surface area contributed by atoms with Crippen LogP contribution in [0.1, 0.15) is 40.5 Å². The summed E-state index contributed by atoms with van der Waals surface area (Å²) < 4.78 is 43.9. The summed E-state index contributed by atoms with van der Waals surface area (Å²) in [4.78, 5) is 11.7. The zero-order chi connectivity index (χ0) is 25.4. The lowest BCUT2D eigenvalue weighted by Crippen LogP contribution is -2.34. The highest BCUT2D eigenvalue weighted by molar-refractivity contribution is 7.89. The Kier molecular flexibility index (Phi) is 6.36. The Balaban J connectivity index is 1.46.